The summed E-state index contributed by atoms with van der Waals surface area (Å²) in [4.78, 5) is 14.3. The minimum Gasteiger partial charge on any atom is -0.392 e. The number of anilines is 1. The average Bonchev–Trinajstić information content (AvgIpc) is 2.42. The minimum absolute atomic E-state index is 0.0270. The number of nitrogens with zero attached hydrogens (tertiary/aromatic N) is 1. The molecular weight excluding hydrogens is 320 g/mol. The van der Waals surface area contributed by atoms with Gasteiger partial charge in [0.2, 0.25) is 5.91 Å². The Labute approximate surface area is 128 Å². The van der Waals surface area contributed by atoms with Gasteiger partial charge in [0.25, 0.3) is 0 Å². The highest BCUT2D eigenvalue weighted by atomic mass is 79.9. The molecular formula is C15H21BrN2O2. The first kappa shape index (κ1) is 15.5. The standard InChI is InChI=1S/C15H21BrN2O2/c1-10-8-12(5-6-14(10)16)17-15(20)11(2)18-7-3-4-13(19)9-18/h5-6,8,11,13,19H,3-4,7,9H2,1-2H3,(H,17,20). The largest absolute Gasteiger partial charge is 0.392 e. The van der Waals surface area contributed by atoms with Crippen molar-refractivity contribution in [1.29, 1.82) is 0 Å². The number of amides is 1. The number of aliphatic hydroxyl groups is 1. The molecule has 2 rings (SSSR count). The summed E-state index contributed by atoms with van der Waals surface area (Å²) >= 11 is 3.44. The molecule has 4 nitrogen and oxygen atoms in total. The molecule has 5 heteroatoms. The lowest BCUT2D eigenvalue weighted by atomic mass is 10.1. The van der Waals surface area contributed by atoms with E-state index in [1.54, 1.807) is 0 Å². The van der Waals surface area contributed by atoms with Crippen LogP contribution in [0.2, 0.25) is 0 Å². The van der Waals surface area contributed by atoms with E-state index in [2.05, 4.69) is 21.2 Å². The van der Waals surface area contributed by atoms with Crippen molar-refractivity contribution in [2.45, 2.75) is 38.8 Å². The predicted octanol–water partition coefficient (Wildman–Crippen LogP) is 2.54. The van der Waals surface area contributed by atoms with Crippen molar-refractivity contribution in [3.63, 3.8) is 0 Å². The van der Waals surface area contributed by atoms with Gasteiger partial charge in [-0.15, -0.1) is 0 Å². The third-order valence-corrected chi connectivity index (χ3v) is 4.67. The molecule has 0 spiro atoms. The Kier molecular flexibility index (Phi) is 5.18. The van der Waals surface area contributed by atoms with Gasteiger partial charge in [-0.25, -0.2) is 0 Å². The summed E-state index contributed by atoms with van der Waals surface area (Å²) in [5, 5.41) is 12.6. The fourth-order valence-electron chi connectivity index (χ4n) is 2.47. The van der Waals surface area contributed by atoms with E-state index in [9.17, 15) is 9.90 Å². The predicted molar refractivity (Wildman–Crippen MR) is 83.8 cm³/mol. The Morgan fingerprint density at radius 3 is 2.95 bits per heavy atom. The van der Waals surface area contributed by atoms with Crippen molar-refractivity contribution in [3.8, 4) is 0 Å². The van der Waals surface area contributed by atoms with Crippen LogP contribution in [0, 0.1) is 6.92 Å². The molecule has 110 valence electrons. The number of aliphatic hydroxyl groups excluding tert-OH is 1. The summed E-state index contributed by atoms with van der Waals surface area (Å²) < 4.78 is 1.03. The molecule has 2 unspecified atom stereocenters. The van der Waals surface area contributed by atoms with Crippen LogP contribution in [0.4, 0.5) is 5.69 Å². The van der Waals surface area contributed by atoms with Gasteiger partial charge >= 0.3 is 0 Å². The molecule has 0 aromatic heterocycles. The number of likely N-dealkylation sites (tertiary alicyclic amines) is 1. The van der Waals surface area contributed by atoms with Gasteiger partial charge in [0.05, 0.1) is 12.1 Å². The Hall–Kier alpha value is -0.910. The van der Waals surface area contributed by atoms with Gasteiger partial charge in [-0.3, -0.25) is 9.69 Å². The fraction of sp³-hybridized carbons (Fsp3) is 0.533. The van der Waals surface area contributed by atoms with Crippen LogP contribution in [0.25, 0.3) is 0 Å². The number of carbonyl (C=O) groups excluding carboxylic acids is 1. The molecule has 1 heterocycles. The van der Waals surface area contributed by atoms with Crippen molar-refractivity contribution in [2.24, 2.45) is 0 Å². The van der Waals surface area contributed by atoms with Gasteiger partial charge in [0.15, 0.2) is 0 Å². The first-order valence-corrected chi connectivity index (χ1v) is 7.76. The summed E-state index contributed by atoms with van der Waals surface area (Å²) in [7, 11) is 0. The van der Waals surface area contributed by atoms with E-state index in [1.165, 1.54) is 0 Å². The molecule has 1 amide bonds. The van der Waals surface area contributed by atoms with Crippen LogP contribution in [0.3, 0.4) is 0 Å². The molecule has 0 radical (unpaired) electrons. The zero-order chi connectivity index (χ0) is 14.7. The highest BCUT2D eigenvalue weighted by Gasteiger charge is 2.26. The maximum atomic E-state index is 12.3. The summed E-state index contributed by atoms with van der Waals surface area (Å²) in [6, 6.07) is 5.53. The third-order valence-electron chi connectivity index (χ3n) is 3.78. The summed E-state index contributed by atoms with van der Waals surface area (Å²) in [5.74, 6) is -0.0270. The Balaban J connectivity index is 1.98. The number of nitrogens with one attached hydrogen (secondary N) is 1. The molecule has 1 aromatic rings. The van der Waals surface area contributed by atoms with Crippen LogP contribution in [0.5, 0.6) is 0 Å². The van der Waals surface area contributed by atoms with Crippen molar-refractivity contribution >= 4 is 27.5 Å². The minimum atomic E-state index is -0.311. The molecule has 1 aromatic carbocycles. The Morgan fingerprint density at radius 2 is 2.30 bits per heavy atom. The van der Waals surface area contributed by atoms with Crippen molar-refractivity contribution in [1.82, 2.24) is 4.90 Å². The van der Waals surface area contributed by atoms with E-state index in [0.717, 1.165) is 35.1 Å². The smallest absolute Gasteiger partial charge is 0.241 e. The van der Waals surface area contributed by atoms with Gasteiger partial charge in [-0.1, -0.05) is 15.9 Å². The van der Waals surface area contributed by atoms with E-state index in [-0.39, 0.29) is 18.1 Å². The van der Waals surface area contributed by atoms with Crippen molar-refractivity contribution < 1.29 is 9.90 Å². The van der Waals surface area contributed by atoms with Crippen LogP contribution < -0.4 is 5.32 Å². The molecule has 1 saturated heterocycles. The van der Waals surface area contributed by atoms with Crippen LogP contribution in [0.1, 0.15) is 25.3 Å². The second-order valence-corrected chi connectivity index (χ2v) is 6.27. The van der Waals surface area contributed by atoms with Crippen LogP contribution in [-0.2, 0) is 4.79 Å². The molecule has 2 atom stereocenters. The van der Waals surface area contributed by atoms with Gasteiger partial charge in [-0.05, 0) is 57.0 Å². The number of rotatable bonds is 3. The lowest BCUT2D eigenvalue weighted by molar-refractivity contribution is -0.121. The maximum Gasteiger partial charge on any atom is 0.241 e. The number of hydrogen-bond acceptors (Lipinski definition) is 3. The number of carbonyl (C=O) groups is 1. The van der Waals surface area contributed by atoms with Gasteiger partial charge < -0.3 is 10.4 Å². The van der Waals surface area contributed by atoms with Crippen molar-refractivity contribution in [2.75, 3.05) is 18.4 Å². The fourth-order valence-corrected chi connectivity index (χ4v) is 2.72. The molecule has 0 saturated carbocycles. The number of halogens is 1. The van der Waals surface area contributed by atoms with Crippen LogP contribution in [0.15, 0.2) is 22.7 Å². The van der Waals surface area contributed by atoms with Gasteiger partial charge in [-0.2, -0.15) is 0 Å². The summed E-state index contributed by atoms with van der Waals surface area (Å²) in [6.45, 7) is 5.32. The summed E-state index contributed by atoms with van der Waals surface area (Å²) in [6.07, 6.45) is 1.46. The average molecular weight is 341 g/mol. The Morgan fingerprint density at radius 1 is 1.55 bits per heavy atom. The lowest BCUT2D eigenvalue weighted by Crippen LogP contribution is -2.48. The molecule has 1 aliphatic heterocycles. The highest BCUT2D eigenvalue weighted by molar-refractivity contribution is 9.10. The monoisotopic (exact) mass is 340 g/mol. The second kappa shape index (κ2) is 6.70. The quantitative estimate of drug-likeness (QED) is 0.888. The number of β-amino-alcohol motifs (C(OH)–C–C–N with tert-alkyl or cyclic N) is 1. The zero-order valence-electron chi connectivity index (χ0n) is 11.9. The van der Waals surface area contributed by atoms with Crippen LogP contribution in [-0.4, -0.2) is 41.1 Å². The number of benzene rings is 1. The summed E-state index contributed by atoms with van der Waals surface area (Å²) in [5.41, 5.74) is 1.89. The topological polar surface area (TPSA) is 52.6 Å². The molecule has 0 bridgehead atoms. The van der Waals surface area contributed by atoms with Gasteiger partial charge in [0, 0.05) is 16.7 Å². The van der Waals surface area contributed by atoms with Gasteiger partial charge in [0.1, 0.15) is 0 Å². The number of hydrogen-bond donors (Lipinski definition) is 2. The molecule has 1 aliphatic rings. The molecule has 0 aliphatic carbocycles. The molecule has 20 heavy (non-hydrogen) atoms. The second-order valence-electron chi connectivity index (χ2n) is 5.42. The van der Waals surface area contributed by atoms with E-state index in [0.29, 0.717) is 6.54 Å². The maximum absolute atomic E-state index is 12.3. The zero-order valence-corrected chi connectivity index (χ0v) is 13.5. The molecule has 1 fully saturated rings. The lowest BCUT2D eigenvalue weighted by Gasteiger charge is -2.33. The van der Waals surface area contributed by atoms with E-state index < -0.39 is 0 Å². The first-order chi connectivity index (χ1) is 9.47. The van der Waals surface area contributed by atoms with E-state index in [1.807, 2.05) is 36.9 Å². The van der Waals surface area contributed by atoms with E-state index in [4.69, 9.17) is 0 Å². The highest BCUT2D eigenvalue weighted by Crippen LogP contribution is 2.21. The molecule has 2 N–H and O–H groups in total. The van der Waals surface area contributed by atoms with Crippen molar-refractivity contribution in [3.05, 3.63) is 28.2 Å². The van der Waals surface area contributed by atoms with E-state index >= 15 is 0 Å². The SMILES string of the molecule is Cc1cc(NC(=O)C(C)N2CCCC(O)C2)ccc1Br. The first-order valence-electron chi connectivity index (χ1n) is 6.96. The number of aryl methyl sites for hydroxylation is 1. The number of piperidine rings is 1. The normalized spacial score (nSPS) is 21.5. The Bertz CT molecular complexity index is 493. The third kappa shape index (κ3) is 3.81. The van der Waals surface area contributed by atoms with Crippen LogP contribution >= 0.6 is 15.9 Å².